The molecule has 4 rings (SSSR count). The summed E-state index contributed by atoms with van der Waals surface area (Å²) in [5, 5.41) is 0.465. The zero-order chi connectivity index (χ0) is 11.0. The number of hydrogen-bond acceptors (Lipinski definition) is 0. The molecule has 0 nitrogen and oxygen atoms in total. The van der Waals surface area contributed by atoms with Crippen molar-refractivity contribution in [3.63, 3.8) is 0 Å². The van der Waals surface area contributed by atoms with Gasteiger partial charge in [0.25, 0.3) is 0 Å². The molecule has 1 aromatic carbocycles. The second-order valence-corrected chi connectivity index (χ2v) is 8.14. The van der Waals surface area contributed by atoms with Gasteiger partial charge in [0, 0.05) is 0 Å². The van der Waals surface area contributed by atoms with Crippen LogP contribution >= 0.6 is 11.6 Å². The van der Waals surface area contributed by atoms with Crippen LogP contribution in [-0.2, 0) is 0 Å². The van der Waals surface area contributed by atoms with Crippen molar-refractivity contribution in [1.29, 1.82) is 0 Å². The molecule has 3 aliphatic rings. The summed E-state index contributed by atoms with van der Waals surface area (Å²) in [4.78, 5) is 0.795. The maximum absolute atomic E-state index is 6.64. The third kappa shape index (κ3) is 2.06. The van der Waals surface area contributed by atoms with Crippen LogP contribution in [0.4, 0.5) is 0 Å². The Morgan fingerprint density at radius 1 is 0.938 bits per heavy atom. The average molecular weight is 300 g/mol. The van der Waals surface area contributed by atoms with Crippen molar-refractivity contribution in [2.75, 3.05) is 0 Å². The Hall–Kier alpha value is 0.0295. The van der Waals surface area contributed by atoms with E-state index in [2.05, 4.69) is 30.3 Å². The van der Waals surface area contributed by atoms with Gasteiger partial charge in [0.2, 0.25) is 0 Å². The van der Waals surface area contributed by atoms with E-state index in [1.54, 1.807) is 0 Å². The third-order valence-electron chi connectivity index (χ3n) is 4.06. The van der Waals surface area contributed by atoms with Gasteiger partial charge in [0.15, 0.2) is 0 Å². The number of fused-ring (bicyclic) bond motifs is 3. The maximum atomic E-state index is 6.64. The molecule has 0 radical (unpaired) electrons. The Morgan fingerprint density at radius 2 is 1.56 bits per heavy atom. The number of benzene rings is 1. The Labute approximate surface area is 109 Å². The van der Waals surface area contributed by atoms with Crippen LogP contribution in [-0.4, -0.2) is 20.3 Å². The fourth-order valence-corrected chi connectivity index (χ4v) is 6.90. The van der Waals surface area contributed by atoms with Crippen molar-refractivity contribution in [2.24, 2.45) is 11.8 Å². The van der Waals surface area contributed by atoms with E-state index in [9.17, 15) is 0 Å². The molecule has 0 amide bonds. The van der Waals surface area contributed by atoms with Crippen LogP contribution in [0, 0.1) is 11.8 Å². The predicted molar refractivity (Wildman–Crippen MR) is 70.7 cm³/mol. The van der Waals surface area contributed by atoms with Crippen molar-refractivity contribution >= 4 is 31.0 Å². The Balaban J connectivity index is 1.75. The van der Waals surface area contributed by atoms with Gasteiger partial charge in [0.1, 0.15) is 0 Å². The van der Waals surface area contributed by atoms with Crippen molar-refractivity contribution in [2.45, 2.75) is 35.9 Å². The molecule has 2 bridgehead atoms. The first kappa shape index (κ1) is 11.1. The molecule has 3 fully saturated rings. The summed E-state index contributed by atoms with van der Waals surface area (Å²) in [7, 11) is 0. The summed E-state index contributed by atoms with van der Waals surface area (Å²) in [6, 6.07) is 10.9. The van der Waals surface area contributed by atoms with Gasteiger partial charge >= 0.3 is 109 Å². The molecular weight excluding hydrogens is 283 g/mol. The fourth-order valence-electron chi connectivity index (χ4n) is 3.14. The van der Waals surface area contributed by atoms with E-state index < -0.39 is 0 Å². The van der Waals surface area contributed by atoms with Crippen LogP contribution in [0.3, 0.4) is 0 Å². The average Bonchev–Trinajstić information content (AvgIpc) is 2.36. The topological polar surface area (TPSA) is 0 Å². The monoisotopic (exact) mass is 300 g/mol. The van der Waals surface area contributed by atoms with E-state index in [0.717, 1.165) is 16.7 Å². The number of alkyl halides is 1. The molecule has 3 aliphatic carbocycles. The van der Waals surface area contributed by atoms with E-state index in [0.29, 0.717) is 20.3 Å². The third-order valence-corrected chi connectivity index (χ3v) is 8.16. The number of halogens is 1. The summed E-state index contributed by atoms with van der Waals surface area (Å²) in [5.41, 5.74) is 0. The minimum absolute atomic E-state index is 0.465. The van der Waals surface area contributed by atoms with Crippen molar-refractivity contribution < 1.29 is 0 Å². The summed E-state index contributed by atoms with van der Waals surface area (Å²) < 4.78 is 1.53. The van der Waals surface area contributed by atoms with Crippen LogP contribution in [0.1, 0.15) is 25.7 Å². The summed E-state index contributed by atoms with van der Waals surface area (Å²) in [5.74, 6) is 1.75. The molecule has 0 spiro atoms. The SMILES string of the molecule is Cl[C@@H]1C2CCC(CC2)[C@H]1[Se]c1ccccc1. The Bertz CT molecular complexity index is 341. The van der Waals surface area contributed by atoms with Crippen LogP contribution in [0.5, 0.6) is 0 Å². The van der Waals surface area contributed by atoms with Gasteiger partial charge in [-0.25, -0.2) is 0 Å². The minimum atomic E-state index is 0.465. The standard InChI is InChI=1S/C14H17ClSe/c15-13-10-6-8-11(9-7-10)14(13)16-12-4-2-1-3-5-12/h1-5,10-11,13-14H,6-9H2/t10?,11?,13-,14-/m1/s1. The first-order chi connectivity index (χ1) is 7.84. The van der Waals surface area contributed by atoms with E-state index >= 15 is 0 Å². The second-order valence-electron chi connectivity index (χ2n) is 5.01. The number of rotatable bonds is 2. The molecular formula is C14H17ClSe. The van der Waals surface area contributed by atoms with Crippen molar-refractivity contribution in [1.82, 2.24) is 0 Å². The summed E-state index contributed by atoms with van der Waals surface area (Å²) in [6.45, 7) is 0. The molecule has 86 valence electrons. The second kappa shape index (κ2) is 4.72. The molecule has 2 atom stereocenters. The summed E-state index contributed by atoms with van der Waals surface area (Å²) >= 11 is 7.23. The van der Waals surface area contributed by atoms with E-state index in [4.69, 9.17) is 11.6 Å². The molecule has 3 saturated carbocycles. The first-order valence-electron chi connectivity index (χ1n) is 6.20. The van der Waals surface area contributed by atoms with Gasteiger partial charge in [-0.15, -0.1) is 0 Å². The van der Waals surface area contributed by atoms with Crippen LogP contribution in [0.25, 0.3) is 0 Å². The van der Waals surface area contributed by atoms with Gasteiger partial charge in [0.05, 0.1) is 0 Å². The van der Waals surface area contributed by atoms with E-state index in [-0.39, 0.29) is 0 Å². The van der Waals surface area contributed by atoms with Gasteiger partial charge in [-0.2, -0.15) is 0 Å². The van der Waals surface area contributed by atoms with E-state index in [1.165, 1.54) is 30.1 Å². The van der Waals surface area contributed by atoms with Crippen molar-refractivity contribution in [3.05, 3.63) is 30.3 Å². The molecule has 0 aromatic heterocycles. The number of hydrogen-bond donors (Lipinski definition) is 0. The normalized spacial score (nSPS) is 37.6. The van der Waals surface area contributed by atoms with Gasteiger partial charge in [-0.1, -0.05) is 0 Å². The zero-order valence-electron chi connectivity index (χ0n) is 9.31. The van der Waals surface area contributed by atoms with Gasteiger partial charge < -0.3 is 0 Å². The molecule has 0 N–H and O–H groups in total. The molecule has 0 heterocycles. The molecule has 0 unspecified atom stereocenters. The quantitative estimate of drug-likeness (QED) is 0.581. The first-order valence-corrected chi connectivity index (χ1v) is 8.48. The molecule has 0 aliphatic heterocycles. The Morgan fingerprint density at radius 3 is 2.19 bits per heavy atom. The molecule has 2 heteroatoms. The van der Waals surface area contributed by atoms with Crippen LogP contribution in [0.2, 0.25) is 4.82 Å². The van der Waals surface area contributed by atoms with Crippen molar-refractivity contribution in [3.8, 4) is 0 Å². The van der Waals surface area contributed by atoms with Crippen LogP contribution < -0.4 is 4.46 Å². The Kier molecular flexibility index (Phi) is 3.29. The molecule has 1 aromatic rings. The van der Waals surface area contributed by atoms with Gasteiger partial charge in [-0.05, 0) is 0 Å². The van der Waals surface area contributed by atoms with Crippen LogP contribution in [0.15, 0.2) is 30.3 Å². The summed E-state index contributed by atoms with van der Waals surface area (Å²) in [6.07, 6.45) is 5.65. The van der Waals surface area contributed by atoms with Gasteiger partial charge in [-0.3, -0.25) is 0 Å². The zero-order valence-corrected chi connectivity index (χ0v) is 11.8. The fraction of sp³-hybridized carbons (Fsp3) is 0.571. The van der Waals surface area contributed by atoms with E-state index in [1.807, 2.05) is 0 Å². The molecule has 0 saturated heterocycles. The predicted octanol–water partition coefficient (Wildman–Crippen LogP) is 3.23. The molecule has 16 heavy (non-hydrogen) atoms.